The fourth-order valence-corrected chi connectivity index (χ4v) is 8.80. The molecule has 0 saturated heterocycles. The SMILES string of the molecule is CCc1cc(CC)cc([SiH](CC2=C(C)C(C)=C(C)C2C)c2cccc(C)c2C)c1. The van der Waals surface area contributed by atoms with E-state index >= 15 is 0 Å². The van der Waals surface area contributed by atoms with Crippen LogP contribution in [0.15, 0.2) is 58.7 Å². The zero-order chi connectivity index (χ0) is 21.3. The van der Waals surface area contributed by atoms with Gasteiger partial charge in [0.1, 0.15) is 8.80 Å². The highest BCUT2D eigenvalue weighted by molar-refractivity contribution is 6.86. The Balaban J connectivity index is 2.15. The van der Waals surface area contributed by atoms with Crippen LogP contribution < -0.4 is 10.4 Å². The van der Waals surface area contributed by atoms with Crippen molar-refractivity contribution in [3.8, 4) is 0 Å². The lowest BCUT2D eigenvalue weighted by Crippen LogP contribution is -2.44. The van der Waals surface area contributed by atoms with E-state index < -0.39 is 8.80 Å². The molecule has 2 aromatic carbocycles. The molecule has 0 amide bonds. The normalized spacial score (nSPS) is 18.0. The van der Waals surface area contributed by atoms with Crippen LogP contribution in [0.4, 0.5) is 0 Å². The molecule has 1 heteroatoms. The second-order valence-electron chi connectivity index (χ2n) is 9.02. The minimum atomic E-state index is -1.37. The van der Waals surface area contributed by atoms with E-state index in [2.05, 4.69) is 91.8 Å². The highest BCUT2D eigenvalue weighted by Crippen LogP contribution is 2.39. The summed E-state index contributed by atoms with van der Waals surface area (Å²) in [6, 6.07) is 15.7. The molecule has 2 aromatic rings. The second-order valence-corrected chi connectivity index (χ2v) is 11.8. The Labute approximate surface area is 180 Å². The van der Waals surface area contributed by atoms with Gasteiger partial charge in [-0.05, 0) is 92.8 Å². The number of benzene rings is 2. The van der Waals surface area contributed by atoms with Crippen molar-refractivity contribution in [2.24, 2.45) is 5.92 Å². The Morgan fingerprint density at radius 3 is 1.97 bits per heavy atom. The third kappa shape index (κ3) is 4.21. The van der Waals surface area contributed by atoms with Crippen LogP contribution in [0.5, 0.6) is 0 Å². The van der Waals surface area contributed by atoms with Gasteiger partial charge in [0.15, 0.2) is 0 Å². The summed E-state index contributed by atoms with van der Waals surface area (Å²) in [7, 11) is -1.37. The molecule has 0 radical (unpaired) electrons. The molecule has 2 unspecified atom stereocenters. The van der Waals surface area contributed by atoms with Crippen molar-refractivity contribution >= 4 is 19.2 Å². The molecule has 0 nitrogen and oxygen atoms in total. The van der Waals surface area contributed by atoms with Crippen molar-refractivity contribution < 1.29 is 0 Å². The average Bonchev–Trinajstić information content (AvgIpc) is 2.91. The summed E-state index contributed by atoms with van der Waals surface area (Å²) in [6.07, 6.45) is 2.24. The van der Waals surface area contributed by atoms with E-state index in [4.69, 9.17) is 0 Å². The monoisotopic (exact) mass is 402 g/mol. The van der Waals surface area contributed by atoms with E-state index in [1.807, 2.05) is 0 Å². The quantitative estimate of drug-likeness (QED) is 0.514. The Kier molecular flexibility index (Phi) is 6.68. The minimum Gasteiger partial charge on any atom is -0.0632 e. The van der Waals surface area contributed by atoms with E-state index in [1.54, 1.807) is 27.1 Å². The van der Waals surface area contributed by atoms with Gasteiger partial charge >= 0.3 is 0 Å². The van der Waals surface area contributed by atoms with Crippen LogP contribution in [0, 0.1) is 19.8 Å². The molecule has 1 aliphatic carbocycles. The Hall–Kier alpha value is -1.86. The van der Waals surface area contributed by atoms with Crippen molar-refractivity contribution in [3.63, 3.8) is 0 Å². The van der Waals surface area contributed by atoms with Gasteiger partial charge < -0.3 is 0 Å². The van der Waals surface area contributed by atoms with Gasteiger partial charge in [0.05, 0.1) is 0 Å². The van der Waals surface area contributed by atoms with Gasteiger partial charge in [0.2, 0.25) is 0 Å². The van der Waals surface area contributed by atoms with Gasteiger partial charge in [0.25, 0.3) is 0 Å². The zero-order valence-corrected chi connectivity index (χ0v) is 20.9. The van der Waals surface area contributed by atoms with Crippen LogP contribution in [-0.4, -0.2) is 8.80 Å². The molecule has 0 N–H and O–H groups in total. The van der Waals surface area contributed by atoms with E-state index in [0.29, 0.717) is 5.92 Å². The first-order chi connectivity index (χ1) is 13.8. The van der Waals surface area contributed by atoms with Gasteiger partial charge in [-0.3, -0.25) is 0 Å². The summed E-state index contributed by atoms with van der Waals surface area (Å²) in [4.78, 5) is 0. The number of hydrogen-bond acceptors (Lipinski definition) is 0. The van der Waals surface area contributed by atoms with E-state index in [-0.39, 0.29) is 0 Å². The fourth-order valence-electron chi connectivity index (χ4n) is 4.96. The molecule has 1 aliphatic rings. The first kappa shape index (κ1) is 21.8. The largest absolute Gasteiger partial charge is 0.107 e. The van der Waals surface area contributed by atoms with E-state index in [1.165, 1.54) is 33.9 Å². The first-order valence-corrected chi connectivity index (χ1v) is 13.3. The molecule has 0 saturated carbocycles. The van der Waals surface area contributed by atoms with Gasteiger partial charge in [-0.15, -0.1) is 0 Å². The second kappa shape index (κ2) is 8.88. The van der Waals surface area contributed by atoms with Crippen LogP contribution in [-0.2, 0) is 12.8 Å². The van der Waals surface area contributed by atoms with Gasteiger partial charge in [-0.2, -0.15) is 0 Å². The third-order valence-electron chi connectivity index (χ3n) is 7.55. The molecule has 0 aliphatic heterocycles. The minimum absolute atomic E-state index is 0.593. The maximum absolute atomic E-state index is 2.53. The molecular weight excluding hydrogens is 364 g/mol. The van der Waals surface area contributed by atoms with Gasteiger partial charge in [-0.25, -0.2) is 0 Å². The summed E-state index contributed by atoms with van der Waals surface area (Å²) in [5, 5.41) is 3.26. The highest BCUT2D eigenvalue weighted by atomic mass is 28.3. The molecule has 0 heterocycles. The first-order valence-electron chi connectivity index (χ1n) is 11.3. The van der Waals surface area contributed by atoms with Crippen LogP contribution in [0.25, 0.3) is 0 Å². The maximum atomic E-state index is 2.53. The summed E-state index contributed by atoms with van der Waals surface area (Å²) in [6.45, 7) is 18.6. The zero-order valence-electron chi connectivity index (χ0n) is 19.7. The van der Waals surface area contributed by atoms with E-state index in [9.17, 15) is 0 Å². The lowest BCUT2D eigenvalue weighted by Gasteiger charge is -2.24. The van der Waals surface area contributed by atoms with E-state index in [0.717, 1.165) is 12.8 Å². The average molecular weight is 403 g/mol. The smallest absolute Gasteiger partial charge is 0.0632 e. The molecular formula is C28H38Si. The number of aryl methyl sites for hydroxylation is 3. The topological polar surface area (TPSA) is 0 Å². The van der Waals surface area contributed by atoms with Gasteiger partial charge in [0, 0.05) is 0 Å². The number of hydrogen-bond donors (Lipinski definition) is 0. The predicted octanol–water partition coefficient (Wildman–Crippen LogP) is 6.07. The molecule has 29 heavy (non-hydrogen) atoms. The Morgan fingerprint density at radius 1 is 0.828 bits per heavy atom. The summed E-state index contributed by atoms with van der Waals surface area (Å²) < 4.78 is 0. The molecule has 0 spiro atoms. The van der Waals surface area contributed by atoms with Crippen molar-refractivity contribution in [1.29, 1.82) is 0 Å². The van der Waals surface area contributed by atoms with Crippen LogP contribution in [0.1, 0.15) is 63.8 Å². The predicted molar refractivity (Wildman–Crippen MR) is 133 cm³/mol. The Bertz CT molecular complexity index is 952. The molecule has 0 aromatic heterocycles. The van der Waals surface area contributed by atoms with Crippen LogP contribution in [0.3, 0.4) is 0 Å². The highest BCUT2D eigenvalue weighted by Gasteiger charge is 2.29. The third-order valence-corrected chi connectivity index (χ3v) is 10.9. The summed E-state index contributed by atoms with van der Waals surface area (Å²) in [5.41, 5.74) is 12.3. The fraction of sp³-hybridized carbons (Fsp3) is 0.429. The molecule has 0 fully saturated rings. The van der Waals surface area contributed by atoms with Crippen molar-refractivity contribution in [2.45, 2.75) is 74.3 Å². The molecule has 154 valence electrons. The number of rotatable bonds is 6. The van der Waals surface area contributed by atoms with Crippen LogP contribution >= 0.6 is 0 Å². The molecule has 0 bridgehead atoms. The summed E-state index contributed by atoms with van der Waals surface area (Å²) >= 11 is 0. The number of allylic oxidation sites excluding steroid dienone is 4. The maximum Gasteiger partial charge on any atom is 0.107 e. The standard InChI is InChI=1S/C28H38Si/c1-9-24-14-25(10-2)16-26(15-24)29(28-13-11-12-18(3)19(28)4)17-27-22(7)20(5)21(6)23(27)8/h11-16,22,29H,9-10,17H2,1-8H3. The van der Waals surface area contributed by atoms with Gasteiger partial charge in [-0.1, -0.05) is 78.7 Å². The van der Waals surface area contributed by atoms with Crippen LogP contribution in [0.2, 0.25) is 6.04 Å². The molecule has 3 rings (SSSR count). The van der Waals surface area contributed by atoms with Crippen molar-refractivity contribution in [2.75, 3.05) is 0 Å². The lowest BCUT2D eigenvalue weighted by atomic mass is 10.00. The molecule has 2 atom stereocenters. The summed E-state index contributed by atoms with van der Waals surface area (Å²) in [5.74, 6) is 0.593. The lowest BCUT2D eigenvalue weighted by molar-refractivity contribution is 0.812. The Morgan fingerprint density at radius 2 is 1.45 bits per heavy atom. The van der Waals surface area contributed by atoms with Crippen molar-refractivity contribution in [1.82, 2.24) is 0 Å². The van der Waals surface area contributed by atoms with Crippen molar-refractivity contribution in [3.05, 3.63) is 80.9 Å².